The van der Waals surface area contributed by atoms with Gasteiger partial charge in [0.1, 0.15) is 0 Å². The molecule has 1 aliphatic rings. The van der Waals surface area contributed by atoms with Crippen molar-refractivity contribution in [1.82, 2.24) is 16.0 Å². The minimum Gasteiger partial charge on any atom is -0.369 e. The molecular formula is C17H26BrN5O. The van der Waals surface area contributed by atoms with E-state index in [1.807, 2.05) is 6.92 Å². The lowest BCUT2D eigenvalue weighted by atomic mass is 10.3. The van der Waals surface area contributed by atoms with E-state index >= 15 is 0 Å². The summed E-state index contributed by atoms with van der Waals surface area (Å²) in [6.45, 7) is 7.49. The van der Waals surface area contributed by atoms with Crippen LogP contribution >= 0.6 is 15.9 Å². The van der Waals surface area contributed by atoms with Gasteiger partial charge in [-0.2, -0.15) is 0 Å². The lowest BCUT2D eigenvalue weighted by Gasteiger charge is -2.20. The Morgan fingerprint density at radius 1 is 1.33 bits per heavy atom. The summed E-state index contributed by atoms with van der Waals surface area (Å²) in [4.78, 5) is 17.8. The van der Waals surface area contributed by atoms with Gasteiger partial charge < -0.3 is 20.9 Å². The molecule has 1 atom stereocenters. The average molecular weight is 396 g/mol. The maximum atomic E-state index is 10.9. The Balaban J connectivity index is 1.85. The van der Waals surface area contributed by atoms with Gasteiger partial charge in [0.2, 0.25) is 5.91 Å². The first-order valence-electron chi connectivity index (χ1n) is 8.38. The molecule has 2 rings (SSSR count). The van der Waals surface area contributed by atoms with E-state index in [0.29, 0.717) is 19.1 Å². The second kappa shape index (κ2) is 9.52. The predicted octanol–water partition coefficient (Wildman–Crippen LogP) is 1.72. The minimum atomic E-state index is -0.0240. The molecular weight excluding hydrogens is 370 g/mol. The summed E-state index contributed by atoms with van der Waals surface area (Å²) in [5.74, 6) is 0.787. The van der Waals surface area contributed by atoms with Crippen molar-refractivity contribution in [1.29, 1.82) is 0 Å². The first-order chi connectivity index (χ1) is 11.6. The molecule has 1 aromatic carbocycles. The Bertz CT molecular complexity index is 561. The van der Waals surface area contributed by atoms with Gasteiger partial charge in [0, 0.05) is 49.3 Å². The smallest absolute Gasteiger partial charge is 0.216 e. The van der Waals surface area contributed by atoms with Gasteiger partial charge in [-0.15, -0.1) is 0 Å². The first kappa shape index (κ1) is 18.6. The van der Waals surface area contributed by atoms with E-state index in [1.165, 1.54) is 12.6 Å². The molecule has 0 aromatic heterocycles. The molecule has 0 bridgehead atoms. The third-order valence-electron chi connectivity index (χ3n) is 3.82. The minimum absolute atomic E-state index is 0.0240. The van der Waals surface area contributed by atoms with Crippen LogP contribution in [0.3, 0.4) is 0 Å². The number of hydrogen-bond donors (Lipinski definition) is 3. The Morgan fingerprint density at radius 3 is 2.75 bits per heavy atom. The van der Waals surface area contributed by atoms with Crippen LogP contribution in [0.2, 0.25) is 0 Å². The third-order valence-corrected chi connectivity index (χ3v) is 4.35. The predicted molar refractivity (Wildman–Crippen MR) is 103 cm³/mol. The Kier molecular flexibility index (Phi) is 7.36. The molecule has 0 radical (unpaired) electrons. The molecule has 24 heavy (non-hydrogen) atoms. The number of carbonyl (C=O) groups excluding carboxylic acids is 1. The van der Waals surface area contributed by atoms with Crippen LogP contribution in [0.1, 0.15) is 20.3 Å². The highest BCUT2D eigenvalue weighted by atomic mass is 79.9. The second-order valence-corrected chi connectivity index (χ2v) is 6.71. The van der Waals surface area contributed by atoms with Gasteiger partial charge >= 0.3 is 0 Å². The van der Waals surface area contributed by atoms with Crippen molar-refractivity contribution in [3.8, 4) is 0 Å². The van der Waals surface area contributed by atoms with Crippen molar-refractivity contribution in [2.75, 3.05) is 37.6 Å². The number of benzene rings is 1. The molecule has 1 saturated heterocycles. The zero-order valence-electron chi connectivity index (χ0n) is 14.3. The number of nitrogens with zero attached hydrogens (tertiary/aromatic N) is 2. The van der Waals surface area contributed by atoms with Gasteiger partial charge in [0.25, 0.3) is 0 Å². The van der Waals surface area contributed by atoms with Gasteiger partial charge in [-0.25, -0.2) is 0 Å². The van der Waals surface area contributed by atoms with E-state index in [1.54, 1.807) is 0 Å². The van der Waals surface area contributed by atoms with Crippen LogP contribution in [-0.4, -0.2) is 50.6 Å². The molecule has 1 aromatic rings. The van der Waals surface area contributed by atoms with Crippen LogP contribution in [0.4, 0.5) is 5.69 Å². The topological polar surface area (TPSA) is 68.8 Å². The van der Waals surface area contributed by atoms with Crippen LogP contribution in [-0.2, 0) is 4.79 Å². The number of aliphatic imine (C=N–C) groups is 1. The number of amides is 1. The summed E-state index contributed by atoms with van der Waals surface area (Å²) in [6, 6.07) is 8.79. The van der Waals surface area contributed by atoms with Crippen molar-refractivity contribution in [3.05, 3.63) is 28.7 Å². The molecule has 1 heterocycles. The molecule has 3 N–H and O–H groups in total. The summed E-state index contributed by atoms with van der Waals surface area (Å²) >= 11 is 3.47. The number of guanidine groups is 1. The standard InChI is InChI=1S/C17H26BrN5O/c1-3-19-17(21-10-9-20-13(2)24)22-15-8-11-23(12-15)16-6-4-14(18)5-7-16/h4-7,15H,3,8-12H2,1-2H3,(H,20,24)(H2,19,21,22). The van der Waals surface area contributed by atoms with E-state index in [4.69, 9.17) is 0 Å². The van der Waals surface area contributed by atoms with E-state index in [9.17, 15) is 4.79 Å². The van der Waals surface area contributed by atoms with E-state index in [0.717, 1.165) is 36.5 Å². The van der Waals surface area contributed by atoms with Crippen LogP contribution < -0.4 is 20.9 Å². The zero-order chi connectivity index (χ0) is 17.4. The van der Waals surface area contributed by atoms with Crippen molar-refractivity contribution >= 4 is 33.5 Å². The van der Waals surface area contributed by atoms with E-state index < -0.39 is 0 Å². The Hall–Kier alpha value is -1.76. The van der Waals surface area contributed by atoms with Gasteiger partial charge in [0.15, 0.2) is 5.96 Å². The number of nitrogens with one attached hydrogen (secondary N) is 3. The molecule has 1 amide bonds. The lowest BCUT2D eigenvalue weighted by molar-refractivity contribution is -0.118. The second-order valence-electron chi connectivity index (χ2n) is 5.80. The van der Waals surface area contributed by atoms with Crippen molar-refractivity contribution < 1.29 is 4.79 Å². The van der Waals surface area contributed by atoms with E-state index in [-0.39, 0.29) is 5.91 Å². The molecule has 0 spiro atoms. The highest BCUT2D eigenvalue weighted by Crippen LogP contribution is 2.22. The maximum Gasteiger partial charge on any atom is 0.216 e. The van der Waals surface area contributed by atoms with Crippen LogP contribution in [0.15, 0.2) is 33.7 Å². The average Bonchev–Trinajstić information content (AvgIpc) is 3.00. The fourth-order valence-corrected chi connectivity index (χ4v) is 2.94. The fourth-order valence-electron chi connectivity index (χ4n) is 2.68. The summed E-state index contributed by atoms with van der Waals surface area (Å²) in [5.41, 5.74) is 1.25. The van der Waals surface area contributed by atoms with Gasteiger partial charge in [-0.1, -0.05) is 15.9 Å². The lowest BCUT2D eigenvalue weighted by Crippen LogP contribution is -2.45. The highest BCUT2D eigenvalue weighted by molar-refractivity contribution is 9.10. The van der Waals surface area contributed by atoms with E-state index in [2.05, 4.69) is 66.0 Å². The highest BCUT2D eigenvalue weighted by Gasteiger charge is 2.23. The number of carbonyl (C=O) groups is 1. The number of halogens is 1. The zero-order valence-corrected chi connectivity index (χ0v) is 15.9. The van der Waals surface area contributed by atoms with Crippen molar-refractivity contribution in [2.45, 2.75) is 26.3 Å². The summed E-state index contributed by atoms with van der Waals surface area (Å²) in [5, 5.41) is 9.51. The number of rotatable bonds is 6. The quantitative estimate of drug-likeness (QED) is 0.389. The Labute approximate surface area is 152 Å². The summed E-state index contributed by atoms with van der Waals surface area (Å²) < 4.78 is 1.10. The van der Waals surface area contributed by atoms with Crippen LogP contribution in [0.5, 0.6) is 0 Å². The maximum absolute atomic E-state index is 10.9. The number of anilines is 1. The van der Waals surface area contributed by atoms with Crippen LogP contribution in [0, 0.1) is 0 Å². The normalized spacial score (nSPS) is 17.7. The monoisotopic (exact) mass is 395 g/mol. The molecule has 7 heteroatoms. The molecule has 132 valence electrons. The van der Waals surface area contributed by atoms with Gasteiger partial charge in [0.05, 0.1) is 6.54 Å². The SMILES string of the molecule is CCNC(=NCCNC(C)=O)NC1CCN(c2ccc(Br)cc2)C1. The molecule has 0 aliphatic carbocycles. The largest absolute Gasteiger partial charge is 0.369 e. The van der Waals surface area contributed by atoms with Crippen molar-refractivity contribution in [3.63, 3.8) is 0 Å². The van der Waals surface area contributed by atoms with Gasteiger partial charge in [-0.05, 0) is 37.6 Å². The Morgan fingerprint density at radius 2 is 2.08 bits per heavy atom. The van der Waals surface area contributed by atoms with Crippen molar-refractivity contribution in [2.24, 2.45) is 4.99 Å². The first-order valence-corrected chi connectivity index (χ1v) is 9.17. The molecule has 1 unspecified atom stereocenters. The number of hydrogen-bond acceptors (Lipinski definition) is 3. The molecule has 0 saturated carbocycles. The van der Waals surface area contributed by atoms with Gasteiger partial charge in [-0.3, -0.25) is 9.79 Å². The molecule has 1 aliphatic heterocycles. The molecule has 6 nitrogen and oxygen atoms in total. The van der Waals surface area contributed by atoms with Crippen LogP contribution in [0.25, 0.3) is 0 Å². The summed E-state index contributed by atoms with van der Waals surface area (Å²) in [7, 11) is 0. The summed E-state index contributed by atoms with van der Waals surface area (Å²) in [6.07, 6.45) is 1.08. The fraction of sp³-hybridized carbons (Fsp3) is 0.529. The third kappa shape index (κ3) is 6.03. The molecule has 1 fully saturated rings.